The van der Waals surface area contributed by atoms with Gasteiger partial charge >= 0.3 is 5.97 Å². The van der Waals surface area contributed by atoms with E-state index < -0.39 is 0 Å². The van der Waals surface area contributed by atoms with E-state index in [9.17, 15) is 4.79 Å². The second-order valence-corrected chi connectivity index (χ2v) is 4.14. The van der Waals surface area contributed by atoms with Crippen molar-refractivity contribution in [2.24, 2.45) is 0 Å². The summed E-state index contributed by atoms with van der Waals surface area (Å²) in [4.78, 5) is 11.8. The summed E-state index contributed by atoms with van der Waals surface area (Å²) in [7, 11) is 0. The molecule has 1 aliphatic rings. The van der Waals surface area contributed by atoms with Crippen LogP contribution < -0.4 is 5.32 Å². The van der Waals surface area contributed by atoms with Gasteiger partial charge < -0.3 is 10.1 Å². The highest BCUT2D eigenvalue weighted by Gasteiger charge is 2.27. The monoisotopic (exact) mass is 219 g/mol. The molecule has 1 heterocycles. The number of ether oxygens (including phenoxy) is 1. The molecule has 0 spiro atoms. The van der Waals surface area contributed by atoms with Gasteiger partial charge in [0.2, 0.25) is 0 Å². The van der Waals surface area contributed by atoms with E-state index in [2.05, 4.69) is 24.4 Å². The van der Waals surface area contributed by atoms with Crippen LogP contribution in [0.2, 0.25) is 0 Å². The van der Waals surface area contributed by atoms with Crippen LogP contribution in [0.15, 0.2) is 18.2 Å². The Hall–Kier alpha value is -1.35. The van der Waals surface area contributed by atoms with Gasteiger partial charge in [0.25, 0.3) is 0 Å². The smallest absolute Gasteiger partial charge is 0.314 e. The number of hydrogen-bond donors (Lipinski definition) is 1. The van der Waals surface area contributed by atoms with Crippen LogP contribution in [0.25, 0.3) is 0 Å². The summed E-state index contributed by atoms with van der Waals surface area (Å²) in [5.41, 5.74) is 3.55. The molecular weight excluding hydrogens is 202 g/mol. The summed E-state index contributed by atoms with van der Waals surface area (Å²) in [6.07, 6.45) is 0. The van der Waals surface area contributed by atoms with E-state index in [1.165, 1.54) is 11.1 Å². The zero-order chi connectivity index (χ0) is 11.5. The van der Waals surface area contributed by atoms with Gasteiger partial charge in [0.1, 0.15) is 0 Å². The van der Waals surface area contributed by atoms with Crippen LogP contribution in [0, 0.1) is 6.92 Å². The van der Waals surface area contributed by atoms with E-state index >= 15 is 0 Å². The molecule has 0 amide bonds. The van der Waals surface area contributed by atoms with Gasteiger partial charge in [-0.15, -0.1) is 0 Å². The minimum atomic E-state index is -0.149. The quantitative estimate of drug-likeness (QED) is 0.770. The third-order valence-electron chi connectivity index (χ3n) is 2.91. The van der Waals surface area contributed by atoms with Crippen molar-refractivity contribution >= 4 is 5.97 Å². The SMILES string of the molecule is CCOC(=O)C1CNCc2cc(C)ccc21. The van der Waals surface area contributed by atoms with Gasteiger partial charge in [0, 0.05) is 13.1 Å². The molecule has 0 fully saturated rings. The predicted octanol–water partition coefficient (Wildman–Crippen LogP) is 1.74. The van der Waals surface area contributed by atoms with Gasteiger partial charge in [-0.05, 0) is 25.0 Å². The topological polar surface area (TPSA) is 38.3 Å². The molecule has 0 saturated carbocycles. The maximum absolute atomic E-state index is 11.8. The molecule has 1 aromatic rings. The minimum absolute atomic E-state index is 0.125. The number of esters is 1. The third kappa shape index (κ3) is 2.09. The Bertz CT molecular complexity index is 401. The maximum Gasteiger partial charge on any atom is 0.314 e. The van der Waals surface area contributed by atoms with Crippen molar-refractivity contribution in [1.82, 2.24) is 5.32 Å². The van der Waals surface area contributed by atoms with Crippen LogP contribution in [0.4, 0.5) is 0 Å². The van der Waals surface area contributed by atoms with Crippen molar-refractivity contribution in [3.05, 3.63) is 34.9 Å². The Kier molecular flexibility index (Phi) is 3.25. The van der Waals surface area contributed by atoms with E-state index in [1.807, 2.05) is 13.0 Å². The van der Waals surface area contributed by atoms with Crippen LogP contribution in [0.3, 0.4) is 0 Å². The van der Waals surface area contributed by atoms with Crippen molar-refractivity contribution in [2.45, 2.75) is 26.3 Å². The number of rotatable bonds is 2. The van der Waals surface area contributed by atoms with Gasteiger partial charge in [0.05, 0.1) is 12.5 Å². The summed E-state index contributed by atoms with van der Waals surface area (Å²) in [6.45, 7) is 5.86. The second kappa shape index (κ2) is 4.66. The molecule has 16 heavy (non-hydrogen) atoms. The third-order valence-corrected chi connectivity index (χ3v) is 2.91. The number of hydrogen-bond acceptors (Lipinski definition) is 3. The lowest BCUT2D eigenvalue weighted by Gasteiger charge is -2.25. The fourth-order valence-corrected chi connectivity index (χ4v) is 2.14. The second-order valence-electron chi connectivity index (χ2n) is 4.14. The summed E-state index contributed by atoms with van der Waals surface area (Å²) < 4.78 is 5.09. The van der Waals surface area contributed by atoms with Gasteiger partial charge in [-0.25, -0.2) is 0 Å². The van der Waals surface area contributed by atoms with Crippen LogP contribution in [-0.2, 0) is 16.1 Å². The number of fused-ring (bicyclic) bond motifs is 1. The van der Waals surface area contributed by atoms with E-state index in [-0.39, 0.29) is 11.9 Å². The normalized spacial score (nSPS) is 19.0. The van der Waals surface area contributed by atoms with Crippen LogP contribution in [0.1, 0.15) is 29.5 Å². The van der Waals surface area contributed by atoms with E-state index in [1.54, 1.807) is 0 Å². The molecule has 3 nitrogen and oxygen atoms in total. The van der Waals surface area contributed by atoms with Crippen molar-refractivity contribution in [1.29, 1.82) is 0 Å². The zero-order valence-electron chi connectivity index (χ0n) is 9.75. The molecule has 0 radical (unpaired) electrons. The predicted molar refractivity (Wildman–Crippen MR) is 62.3 cm³/mol. The van der Waals surface area contributed by atoms with Crippen LogP contribution in [-0.4, -0.2) is 19.1 Å². The number of carbonyl (C=O) groups is 1. The first-order valence-electron chi connectivity index (χ1n) is 5.69. The molecule has 2 rings (SSSR count). The molecule has 1 aromatic carbocycles. The van der Waals surface area contributed by atoms with E-state index in [0.717, 1.165) is 12.1 Å². The zero-order valence-corrected chi connectivity index (χ0v) is 9.75. The number of aryl methyl sites for hydroxylation is 1. The summed E-state index contributed by atoms with van der Waals surface area (Å²) in [6, 6.07) is 6.23. The summed E-state index contributed by atoms with van der Waals surface area (Å²) in [5, 5.41) is 3.26. The Morgan fingerprint density at radius 1 is 1.56 bits per heavy atom. The Labute approximate surface area is 95.8 Å². The van der Waals surface area contributed by atoms with E-state index in [0.29, 0.717) is 13.2 Å². The lowest BCUT2D eigenvalue weighted by Crippen LogP contribution is -2.33. The lowest BCUT2D eigenvalue weighted by atomic mass is 9.90. The van der Waals surface area contributed by atoms with Crippen molar-refractivity contribution in [3.63, 3.8) is 0 Å². The molecule has 0 aliphatic carbocycles. The molecular formula is C13H17NO2. The fraction of sp³-hybridized carbons (Fsp3) is 0.462. The number of nitrogens with one attached hydrogen (secondary N) is 1. The Morgan fingerprint density at radius 3 is 3.12 bits per heavy atom. The van der Waals surface area contributed by atoms with Crippen molar-refractivity contribution in [2.75, 3.05) is 13.2 Å². The first kappa shape index (κ1) is 11.1. The Morgan fingerprint density at radius 2 is 2.38 bits per heavy atom. The summed E-state index contributed by atoms with van der Waals surface area (Å²) >= 11 is 0. The van der Waals surface area contributed by atoms with E-state index in [4.69, 9.17) is 4.74 Å². The fourth-order valence-electron chi connectivity index (χ4n) is 2.14. The molecule has 0 saturated heterocycles. The average molecular weight is 219 g/mol. The lowest BCUT2D eigenvalue weighted by molar-refractivity contribution is -0.145. The highest BCUT2D eigenvalue weighted by atomic mass is 16.5. The van der Waals surface area contributed by atoms with Crippen molar-refractivity contribution in [3.8, 4) is 0 Å². The van der Waals surface area contributed by atoms with Gasteiger partial charge in [-0.1, -0.05) is 23.8 Å². The first-order chi connectivity index (χ1) is 7.72. The molecule has 1 N–H and O–H groups in total. The molecule has 86 valence electrons. The van der Waals surface area contributed by atoms with Gasteiger partial charge in [0.15, 0.2) is 0 Å². The highest BCUT2D eigenvalue weighted by molar-refractivity contribution is 5.79. The maximum atomic E-state index is 11.8. The summed E-state index contributed by atoms with van der Waals surface area (Å²) in [5.74, 6) is -0.274. The molecule has 1 unspecified atom stereocenters. The van der Waals surface area contributed by atoms with Gasteiger partial charge in [-0.2, -0.15) is 0 Å². The molecule has 1 atom stereocenters. The largest absolute Gasteiger partial charge is 0.465 e. The van der Waals surface area contributed by atoms with Crippen LogP contribution in [0.5, 0.6) is 0 Å². The molecule has 0 aromatic heterocycles. The average Bonchev–Trinajstić information content (AvgIpc) is 2.28. The molecule has 1 aliphatic heterocycles. The molecule has 3 heteroatoms. The number of benzene rings is 1. The number of carbonyl (C=O) groups excluding carboxylic acids is 1. The molecule has 0 bridgehead atoms. The van der Waals surface area contributed by atoms with Crippen LogP contribution >= 0.6 is 0 Å². The van der Waals surface area contributed by atoms with Crippen molar-refractivity contribution < 1.29 is 9.53 Å². The first-order valence-corrected chi connectivity index (χ1v) is 5.69. The minimum Gasteiger partial charge on any atom is -0.465 e. The standard InChI is InChI=1S/C13H17NO2/c1-3-16-13(15)12-8-14-7-10-6-9(2)4-5-11(10)12/h4-6,12,14H,3,7-8H2,1-2H3. The van der Waals surface area contributed by atoms with Gasteiger partial charge in [-0.3, -0.25) is 4.79 Å². The highest BCUT2D eigenvalue weighted by Crippen LogP contribution is 2.25. The Balaban J connectivity index is 2.29.